The fourth-order valence-electron chi connectivity index (χ4n) is 3.37. The highest BCUT2D eigenvalue weighted by molar-refractivity contribution is 5.88. The third kappa shape index (κ3) is 5.16. The summed E-state index contributed by atoms with van der Waals surface area (Å²) in [6.07, 6.45) is 1.17. The van der Waals surface area contributed by atoms with Gasteiger partial charge in [-0.25, -0.2) is 9.97 Å². The van der Waals surface area contributed by atoms with Gasteiger partial charge in [-0.15, -0.1) is 0 Å². The SMILES string of the molecule is CCN(CCO)c1ncnc(NNC(=O)C(c2ccccc2)c2ccccc2)c1[N+](=O)[O-]. The monoisotopic (exact) mass is 436 g/mol. The summed E-state index contributed by atoms with van der Waals surface area (Å²) in [7, 11) is 0. The number of anilines is 2. The number of aromatic nitrogens is 2. The van der Waals surface area contributed by atoms with E-state index in [0.29, 0.717) is 6.54 Å². The summed E-state index contributed by atoms with van der Waals surface area (Å²) in [6.45, 7) is 2.17. The molecule has 0 fully saturated rings. The highest BCUT2D eigenvalue weighted by atomic mass is 16.6. The summed E-state index contributed by atoms with van der Waals surface area (Å²) < 4.78 is 0. The number of hydrogen-bond donors (Lipinski definition) is 3. The van der Waals surface area contributed by atoms with Crippen LogP contribution in [0.5, 0.6) is 0 Å². The zero-order valence-electron chi connectivity index (χ0n) is 17.5. The molecule has 0 atom stereocenters. The predicted octanol–water partition coefficient (Wildman–Crippen LogP) is 2.48. The Labute approximate surface area is 185 Å². The number of likely N-dealkylation sites (N-methyl/N-ethyl adjacent to an activating group) is 1. The fourth-order valence-corrected chi connectivity index (χ4v) is 3.37. The summed E-state index contributed by atoms with van der Waals surface area (Å²) in [6, 6.07) is 18.5. The highest BCUT2D eigenvalue weighted by Crippen LogP contribution is 2.31. The van der Waals surface area contributed by atoms with Gasteiger partial charge in [0.15, 0.2) is 0 Å². The Morgan fingerprint density at radius 3 is 2.19 bits per heavy atom. The first-order valence-electron chi connectivity index (χ1n) is 10.1. The number of nitro groups is 1. The number of amides is 1. The second-order valence-corrected chi connectivity index (χ2v) is 6.82. The van der Waals surface area contributed by atoms with Crippen molar-refractivity contribution in [1.82, 2.24) is 15.4 Å². The molecular formula is C22H24N6O4. The molecule has 0 aliphatic heterocycles. The zero-order chi connectivity index (χ0) is 22.9. The van der Waals surface area contributed by atoms with Crippen LogP contribution >= 0.6 is 0 Å². The van der Waals surface area contributed by atoms with Crippen molar-refractivity contribution in [2.75, 3.05) is 30.0 Å². The van der Waals surface area contributed by atoms with E-state index in [0.717, 1.165) is 11.1 Å². The average Bonchev–Trinajstić information content (AvgIpc) is 2.82. The predicted molar refractivity (Wildman–Crippen MR) is 120 cm³/mol. The smallest absolute Gasteiger partial charge is 0.355 e. The van der Waals surface area contributed by atoms with E-state index in [1.165, 1.54) is 6.33 Å². The molecule has 10 nitrogen and oxygen atoms in total. The number of hydrazine groups is 1. The van der Waals surface area contributed by atoms with Gasteiger partial charge in [-0.2, -0.15) is 0 Å². The van der Waals surface area contributed by atoms with Crippen LogP contribution in [0.1, 0.15) is 24.0 Å². The molecule has 0 saturated carbocycles. The maximum atomic E-state index is 13.1. The molecule has 0 bridgehead atoms. The fraction of sp³-hybridized carbons (Fsp3) is 0.227. The van der Waals surface area contributed by atoms with Crippen LogP contribution in [-0.4, -0.2) is 45.6 Å². The summed E-state index contributed by atoms with van der Waals surface area (Å²) in [5.41, 5.74) is 6.31. The molecule has 10 heteroatoms. The molecule has 32 heavy (non-hydrogen) atoms. The van der Waals surface area contributed by atoms with Crippen LogP contribution in [0, 0.1) is 10.1 Å². The standard InChI is InChI=1S/C22H24N6O4/c1-2-27(13-14-29)21-19(28(31)32)20(23-15-24-21)25-26-22(30)18(16-9-5-3-6-10-16)17-11-7-4-8-12-17/h3-12,15,18,29H,2,13-14H2,1H3,(H,26,30)(H,23,24,25). The van der Waals surface area contributed by atoms with Gasteiger partial charge in [0.1, 0.15) is 6.33 Å². The largest absolute Gasteiger partial charge is 0.395 e. The number of nitrogens with one attached hydrogen (secondary N) is 2. The number of aliphatic hydroxyl groups is 1. The first-order valence-corrected chi connectivity index (χ1v) is 10.1. The molecule has 1 heterocycles. The highest BCUT2D eigenvalue weighted by Gasteiger charge is 2.28. The van der Waals surface area contributed by atoms with E-state index in [1.807, 2.05) is 60.7 Å². The van der Waals surface area contributed by atoms with Gasteiger partial charge >= 0.3 is 5.69 Å². The summed E-state index contributed by atoms with van der Waals surface area (Å²) in [5, 5.41) is 21.0. The number of aliphatic hydroxyl groups excluding tert-OH is 1. The van der Waals surface area contributed by atoms with Crippen molar-refractivity contribution in [2.24, 2.45) is 0 Å². The van der Waals surface area contributed by atoms with Crippen molar-refractivity contribution in [2.45, 2.75) is 12.8 Å². The van der Waals surface area contributed by atoms with E-state index in [-0.39, 0.29) is 30.5 Å². The van der Waals surface area contributed by atoms with Crippen LogP contribution < -0.4 is 15.8 Å². The Hall–Kier alpha value is -4.05. The third-order valence-corrected chi connectivity index (χ3v) is 4.87. The molecule has 0 aliphatic carbocycles. The second kappa shape index (κ2) is 10.8. The minimum absolute atomic E-state index is 0.0565. The molecule has 0 spiro atoms. The number of carbonyl (C=O) groups excluding carboxylic acids is 1. The third-order valence-electron chi connectivity index (χ3n) is 4.87. The first-order chi connectivity index (χ1) is 15.6. The molecule has 3 rings (SSSR count). The Kier molecular flexibility index (Phi) is 7.65. The molecule has 1 aromatic heterocycles. The van der Waals surface area contributed by atoms with Gasteiger partial charge < -0.3 is 10.0 Å². The lowest BCUT2D eigenvalue weighted by Gasteiger charge is -2.21. The molecule has 0 saturated heterocycles. The molecule has 3 N–H and O–H groups in total. The summed E-state index contributed by atoms with van der Waals surface area (Å²) in [4.78, 5) is 33.8. The molecular weight excluding hydrogens is 412 g/mol. The van der Waals surface area contributed by atoms with E-state index in [1.54, 1.807) is 11.8 Å². The maximum Gasteiger partial charge on any atom is 0.355 e. The van der Waals surface area contributed by atoms with Crippen LogP contribution in [0.4, 0.5) is 17.3 Å². The van der Waals surface area contributed by atoms with Crippen LogP contribution in [-0.2, 0) is 4.79 Å². The van der Waals surface area contributed by atoms with Crippen molar-refractivity contribution in [1.29, 1.82) is 0 Å². The van der Waals surface area contributed by atoms with E-state index < -0.39 is 16.7 Å². The normalized spacial score (nSPS) is 10.6. The topological polar surface area (TPSA) is 134 Å². The van der Waals surface area contributed by atoms with E-state index >= 15 is 0 Å². The van der Waals surface area contributed by atoms with Crippen LogP contribution in [0.15, 0.2) is 67.0 Å². The Bertz CT molecular complexity index is 1010. The molecule has 166 valence electrons. The summed E-state index contributed by atoms with van der Waals surface area (Å²) >= 11 is 0. The number of rotatable bonds is 10. The Balaban J connectivity index is 1.89. The van der Waals surface area contributed by atoms with Crippen molar-refractivity contribution in [3.8, 4) is 0 Å². The minimum Gasteiger partial charge on any atom is -0.395 e. The quantitative estimate of drug-likeness (QED) is 0.326. The van der Waals surface area contributed by atoms with Gasteiger partial charge in [0.05, 0.1) is 17.4 Å². The van der Waals surface area contributed by atoms with Crippen molar-refractivity contribution in [3.05, 3.63) is 88.2 Å². The zero-order valence-corrected chi connectivity index (χ0v) is 17.5. The lowest BCUT2D eigenvalue weighted by atomic mass is 9.91. The number of benzene rings is 2. The lowest BCUT2D eigenvalue weighted by molar-refractivity contribution is -0.383. The van der Waals surface area contributed by atoms with E-state index in [9.17, 15) is 20.0 Å². The molecule has 0 radical (unpaired) electrons. The van der Waals surface area contributed by atoms with Crippen LogP contribution in [0.2, 0.25) is 0 Å². The lowest BCUT2D eigenvalue weighted by Crippen LogP contribution is -2.35. The number of nitrogens with zero attached hydrogens (tertiary/aromatic N) is 4. The Morgan fingerprint density at radius 2 is 1.69 bits per heavy atom. The first kappa shape index (κ1) is 22.6. The number of hydrogen-bond acceptors (Lipinski definition) is 8. The van der Waals surface area contributed by atoms with Gasteiger partial charge in [-0.3, -0.25) is 25.8 Å². The van der Waals surface area contributed by atoms with Gasteiger partial charge in [-0.1, -0.05) is 60.7 Å². The minimum atomic E-state index is -0.633. The van der Waals surface area contributed by atoms with Crippen molar-refractivity contribution >= 4 is 23.2 Å². The van der Waals surface area contributed by atoms with Gasteiger partial charge in [0.25, 0.3) is 0 Å². The van der Waals surface area contributed by atoms with Gasteiger partial charge in [0, 0.05) is 13.1 Å². The maximum absolute atomic E-state index is 13.1. The van der Waals surface area contributed by atoms with Gasteiger partial charge in [0.2, 0.25) is 17.5 Å². The van der Waals surface area contributed by atoms with E-state index in [2.05, 4.69) is 20.8 Å². The van der Waals surface area contributed by atoms with Crippen molar-refractivity contribution < 1.29 is 14.8 Å². The van der Waals surface area contributed by atoms with Crippen molar-refractivity contribution in [3.63, 3.8) is 0 Å². The van der Waals surface area contributed by atoms with Crippen LogP contribution in [0.25, 0.3) is 0 Å². The number of carbonyl (C=O) groups is 1. The second-order valence-electron chi connectivity index (χ2n) is 6.82. The molecule has 1 amide bonds. The molecule has 0 unspecified atom stereocenters. The van der Waals surface area contributed by atoms with Crippen LogP contribution in [0.3, 0.4) is 0 Å². The Morgan fingerprint density at radius 1 is 1.09 bits per heavy atom. The molecule has 0 aliphatic rings. The summed E-state index contributed by atoms with van der Waals surface area (Å²) in [5.74, 6) is -1.13. The molecule has 2 aromatic carbocycles. The average molecular weight is 436 g/mol. The van der Waals surface area contributed by atoms with E-state index in [4.69, 9.17) is 0 Å². The van der Waals surface area contributed by atoms with Gasteiger partial charge in [-0.05, 0) is 18.1 Å². The molecule has 3 aromatic rings.